The van der Waals surface area contributed by atoms with Crippen LogP contribution in [0.5, 0.6) is 0 Å². The first-order valence-corrected chi connectivity index (χ1v) is 3.97. The van der Waals surface area contributed by atoms with Crippen molar-refractivity contribution >= 4 is 18.0 Å². The van der Waals surface area contributed by atoms with Gasteiger partial charge in [0.2, 0.25) is 5.76 Å². The van der Waals surface area contributed by atoms with Gasteiger partial charge in [0.05, 0.1) is 5.57 Å². The zero-order valence-corrected chi connectivity index (χ0v) is 8.42. The summed E-state index contributed by atoms with van der Waals surface area (Å²) in [5, 5.41) is 10.7. The van der Waals surface area contributed by atoms with Crippen molar-refractivity contribution < 1.29 is 27.9 Å². The fraction of sp³-hybridized carbons (Fsp3) is 0.375. The molecule has 2 amide bonds. The average Bonchev–Trinajstić information content (AvgIpc) is 2.15. The van der Waals surface area contributed by atoms with Crippen molar-refractivity contribution in [3.8, 4) is 0 Å². The summed E-state index contributed by atoms with van der Waals surface area (Å²) < 4.78 is 36.1. The van der Waals surface area contributed by atoms with E-state index < -0.39 is 29.3 Å². The van der Waals surface area contributed by atoms with Gasteiger partial charge in [0.15, 0.2) is 5.78 Å². The molecule has 16 heavy (non-hydrogen) atoms. The summed E-state index contributed by atoms with van der Waals surface area (Å²) in [5.74, 6) is -3.13. The fourth-order valence-corrected chi connectivity index (χ4v) is 0.659. The Bertz CT molecular complexity index is 358. The molecular weight excluding hydrogens is 229 g/mol. The Morgan fingerprint density at radius 3 is 2.19 bits per heavy atom. The van der Waals surface area contributed by atoms with Crippen LogP contribution in [0, 0.1) is 0 Å². The van der Waals surface area contributed by atoms with Crippen LogP contribution in [0.25, 0.3) is 0 Å². The van der Waals surface area contributed by atoms with E-state index >= 15 is 0 Å². The summed E-state index contributed by atoms with van der Waals surface area (Å²) in [4.78, 5) is 24.4. The second-order valence-corrected chi connectivity index (χ2v) is 2.63. The number of halogens is 3. The topological polar surface area (TPSA) is 78.8 Å². The molecule has 0 aromatic rings. The molecule has 0 unspecified atom stereocenters. The first-order chi connectivity index (χ1) is 7.20. The Kier molecular flexibility index (Phi) is 4.67. The number of hydrogen-bond donors (Lipinski definition) is 2. The standard InChI is InChI=1S/C8H9F3N2O3/c1-4(14)5(3-13-7(16)12-2)6(15)8(9,10)11/h3,15H,1-2H3,(H,12,16). The molecule has 0 spiro atoms. The molecule has 0 atom stereocenters. The third kappa shape index (κ3) is 4.11. The van der Waals surface area contributed by atoms with E-state index in [-0.39, 0.29) is 0 Å². The summed E-state index contributed by atoms with van der Waals surface area (Å²) in [6.45, 7) is 0.813. The number of urea groups is 1. The van der Waals surface area contributed by atoms with Crippen molar-refractivity contribution in [2.45, 2.75) is 13.1 Å². The molecule has 0 heterocycles. The monoisotopic (exact) mass is 238 g/mol. The highest BCUT2D eigenvalue weighted by Crippen LogP contribution is 2.25. The van der Waals surface area contributed by atoms with Crippen LogP contribution in [-0.4, -0.2) is 36.4 Å². The maximum atomic E-state index is 12.0. The van der Waals surface area contributed by atoms with E-state index in [9.17, 15) is 22.8 Å². The zero-order valence-electron chi connectivity index (χ0n) is 8.42. The maximum absolute atomic E-state index is 12.0. The van der Waals surface area contributed by atoms with E-state index in [4.69, 9.17) is 5.11 Å². The third-order valence-corrected chi connectivity index (χ3v) is 1.43. The molecule has 0 fully saturated rings. The van der Waals surface area contributed by atoms with Gasteiger partial charge in [0.25, 0.3) is 0 Å². The van der Waals surface area contributed by atoms with Gasteiger partial charge in [-0.2, -0.15) is 13.2 Å². The largest absolute Gasteiger partial charge is 0.504 e. The van der Waals surface area contributed by atoms with Crippen LogP contribution >= 0.6 is 0 Å². The number of carbonyl (C=O) groups excluding carboxylic acids is 2. The van der Waals surface area contributed by atoms with Crippen molar-refractivity contribution in [3.05, 3.63) is 11.3 Å². The van der Waals surface area contributed by atoms with Gasteiger partial charge in [-0.3, -0.25) is 4.79 Å². The quantitative estimate of drug-likeness (QED) is 0.433. The molecule has 0 rings (SSSR count). The Balaban J connectivity index is 5.27. The minimum atomic E-state index is -5.06. The fourth-order valence-electron chi connectivity index (χ4n) is 0.659. The highest BCUT2D eigenvalue weighted by Gasteiger charge is 2.37. The van der Waals surface area contributed by atoms with Crippen molar-refractivity contribution in [2.75, 3.05) is 7.05 Å². The number of rotatable bonds is 2. The summed E-state index contributed by atoms with van der Waals surface area (Å²) >= 11 is 0. The number of carbonyl (C=O) groups is 2. The van der Waals surface area contributed by atoms with Gasteiger partial charge in [0, 0.05) is 13.3 Å². The predicted molar refractivity (Wildman–Crippen MR) is 49.3 cm³/mol. The molecule has 0 aliphatic rings. The number of nitrogens with zero attached hydrogens (tertiary/aromatic N) is 1. The molecule has 0 radical (unpaired) electrons. The molecule has 0 aliphatic heterocycles. The second-order valence-electron chi connectivity index (χ2n) is 2.63. The summed E-state index contributed by atoms with van der Waals surface area (Å²) in [6, 6.07) is -0.936. The molecule has 90 valence electrons. The van der Waals surface area contributed by atoms with E-state index in [1.165, 1.54) is 7.05 Å². The summed E-state index contributed by atoms with van der Waals surface area (Å²) in [7, 11) is 1.21. The van der Waals surface area contributed by atoms with E-state index in [1.54, 1.807) is 0 Å². The second kappa shape index (κ2) is 5.29. The van der Waals surface area contributed by atoms with Crippen LogP contribution < -0.4 is 5.32 Å². The van der Waals surface area contributed by atoms with Gasteiger partial charge in [-0.15, -0.1) is 0 Å². The molecule has 0 aromatic carbocycles. The number of hydrogen-bond acceptors (Lipinski definition) is 3. The summed E-state index contributed by atoms with van der Waals surface area (Å²) in [6.07, 6.45) is -4.69. The van der Waals surface area contributed by atoms with Crippen LogP contribution in [0.3, 0.4) is 0 Å². The minimum Gasteiger partial charge on any atom is -0.504 e. The average molecular weight is 238 g/mol. The van der Waals surface area contributed by atoms with Gasteiger partial charge in [-0.05, 0) is 6.92 Å². The van der Waals surface area contributed by atoms with Crippen LogP contribution in [0.15, 0.2) is 16.3 Å². The molecule has 0 saturated carbocycles. The van der Waals surface area contributed by atoms with Crippen LogP contribution in [0.4, 0.5) is 18.0 Å². The minimum absolute atomic E-state index is 0.365. The smallest absolute Gasteiger partial charge is 0.449 e. The van der Waals surface area contributed by atoms with E-state index in [2.05, 4.69) is 4.99 Å². The molecule has 0 aliphatic carbocycles. The number of nitrogens with one attached hydrogen (secondary N) is 1. The highest BCUT2D eigenvalue weighted by atomic mass is 19.4. The van der Waals surface area contributed by atoms with Crippen molar-refractivity contribution in [1.29, 1.82) is 0 Å². The lowest BCUT2D eigenvalue weighted by atomic mass is 10.1. The highest BCUT2D eigenvalue weighted by molar-refractivity contribution is 6.14. The number of ketones is 1. The molecule has 8 heteroatoms. The number of aliphatic hydroxyl groups excluding tert-OH is 1. The number of allylic oxidation sites excluding steroid dienone is 2. The molecule has 0 aromatic heterocycles. The lowest BCUT2D eigenvalue weighted by Crippen LogP contribution is -2.19. The predicted octanol–water partition coefficient (Wildman–Crippen LogP) is 1.36. The Morgan fingerprint density at radius 2 is 1.88 bits per heavy atom. The molecule has 2 N–H and O–H groups in total. The first-order valence-electron chi connectivity index (χ1n) is 3.97. The number of Topliss-reactive ketones (excluding diaryl/α,β-unsaturated/α-hetero) is 1. The van der Waals surface area contributed by atoms with E-state index in [0.717, 1.165) is 6.92 Å². The summed E-state index contributed by atoms with van der Waals surface area (Å²) in [5.41, 5.74) is -1.07. The Morgan fingerprint density at radius 1 is 1.38 bits per heavy atom. The van der Waals surface area contributed by atoms with Crippen LogP contribution in [-0.2, 0) is 4.79 Å². The van der Waals surface area contributed by atoms with Gasteiger partial charge in [0.1, 0.15) is 0 Å². The van der Waals surface area contributed by atoms with E-state index in [0.29, 0.717) is 6.21 Å². The zero-order chi connectivity index (χ0) is 12.9. The number of aliphatic hydroxyl groups is 1. The lowest BCUT2D eigenvalue weighted by Gasteiger charge is -2.07. The van der Waals surface area contributed by atoms with Crippen molar-refractivity contribution in [1.82, 2.24) is 5.32 Å². The molecule has 0 bridgehead atoms. The Labute approximate surface area is 88.7 Å². The van der Waals surface area contributed by atoms with Gasteiger partial charge in [-0.25, -0.2) is 9.79 Å². The molecule has 0 saturated heterocycles. The SMILES string of the molecule is CNC(=O)N=CC(C(C)=O)=C(O)C(F)(F)F. The van der Waals surface area contributed by atoms with Crippen LogP contribution in [0.1, 0.15) is 6.92 Å². The van der Waals surface area contributed by atoms with Gasteiger partial charge >= 0.3 is 12.2 Å². The first kappa shape index (κ1) is 14.1. The number of aliphatic imine (C=N–C) groups is 1. The number of alkyl halides is 3. The molecular formula is C8H9F3N2O3. The maximum Gasteiger partial charge on any atom is 0.449 e. The molecule has 5 nitrogen and oxygen atoms in total. The van der Waals surface area contributed by atoms with Crippen molar-refractivity contribution in [3.63, 3.8) is 0 Å². The Hall–Kier alpha value is -1.86. The third-order valence-electron chi connectivity index (χ3n) is 1.43. The van der Waals surface area contributed by atoms with Gasteiger partial charge in [-0.1, -0.05) is 0 Å². The number of amides is 2. The van der Waals surface area contributed by atoms with Crippen LogP contribution in [0.2, 0.25) is 0 Å². The normalized spacial score (nSPS) is 13.6. The van der Waals surface area contributed by atoms with Crippen molar-refractivity contribution in [2.24, 2.45) is 4.99 Å². The van der Waals surface area contributed by atoms with E-state index in [1.807, 2.05) is 5.32 Å². The van der Waals surface area contributed by atoms with Gasteiger partial charge < -0.3 is 10.4 Å². The lowest BCUT2D eigenvalue weighted by molar-refractivity contribution is -0.125.